The van der Waals surface area contributed by atoms with Crippen LogP contribution < -0.4 is 0 Å². The largest absolute Gasteiger partial charge is 0.463 e. The van der Waals surface area contributed by atoms with Crippen LogP contribution in [0.25, 0.3) is 0 Å². The molecule has 4 heterocycles. The molecule has 1 atom stereocenters. The van der Waals surface area contributed by atoms with Crippen LogP contribution >= 0.6 is 11.8 Å². The number of carbonyl (C=O) groups is 3. The van der Waals surface area contributed by atoms with Gasteiger partial charge in [0.25, 0.3) is 5.91 Å². The van der Waals surface area contributed by atoms with Crippen LogP contribution in [0.2, 0.25) is 0 Å². The third kappa shape index (κ3) is 4.85. The maximum absolute atomic E-state index is 15.1. The SMILES string of the molecule is CCOC(=O)C1=C(C)N=C2SC=C(CC(=O)N3CCN(C(=O)c4ccco4)CC3)N2C1c1ccccc1F. The van der Waals surface area contributed by atoms with E-state index in [1.807, 2.05) is 5.41 Å². The summed E-state index contributed by atoms with van der Waals surface area (Å²) in [5.41, 5.74) is 1.61. The molecule has 1 saturated heterocycles. The van der Waals surface area contributed by atoms with Crippen LogP contribution in [-0.4, -0.2) is 70.4 Å². The number of hydrogen-bond donors (Lipinski definition) is 0. The van der Waals surface area contributed by atoms with E-state index >= 15 is 4.39 Å². The number of carbonyl (C=O) groups excluding carboxylic acids is 3. The molecule has 5 rings (SSSR count). The molecule has 11 heteroatoms. The summed E-state index contributed by atoms with van der Waals surface area (Å²) >= 11 is 1.33. The first-order valence-electron chi connectivity index (χ1n) is 12.4. The lowest BCUT2D eigenvalue weighted by atomic mass is 9.93. The second kappa shape index (κ2) is 10.9. The Morgan fingerprint density at radius 1 is 1.11 bits per heavy atom. The number of ether oxygens (including phenoxy) is 1. The molecule has 0 N–H and O–H groups in total. The fourth-order valence-electron chi connectivity index (χ4n) is 4.81. The summed E-state index contributed by atoms with van der Waals surface area (Å²) in [4.78, 5) is 48.6. The first-order chi connectivity index (χ1) is 18.4. The van der Waals surface area contributed by atoms with Gasteiger partial charge >= 0.3 is 5.97 Å². The highest BCUT2D eigenvalue weighted by Crippen LogP contribution is 2.45. The Hall–Kier alpha value is -3.86. The van der Waals surface area contributed by atoms with Crippen molar-refractivity contribution in [1.82, 2.24) is 14.7 Å². The molecule has 9 nitrogen and oxygen atoms in total. The van der Waals surface area contributed by atoms with Gasteiger partial charge in [0, 0.05) is 37.4 Å². The van der Waals surface area contributed by atoms with E-state index in [0.717, 1.165) is 0 Å². The van der Waals surface area contributed by atoms with Crippen molar-refractivity contribution in [2.75, 3.05) is 32.8 Å². The molecule has 1 fully saturated rings. The van der Waals surface area contributed by atoms with E-state index in [2.05, 4.69) is 4.99 Å². The molecule has 0 bridgehead atoms. The summed E-state index contributed by atoms with van der Waals surface area (Å²) in [6.45, 7) is 5.14. The summed E-state index contributed by atoms with van der Waals surface area (Å²) in [6.07, 6.45) is 1.50. The number of amidine groups is 1. The van der Waals surface area contributed by atoms with Gasteiger partial charge in [-0.2, -0.15) is 0 Å². The van der Waals surface area contributed by atoms with Gasteiger partial charge < -0.3 is 23.9 Å². The number of aliphatic imine (C=N–C) groups is 1. The molecule has 3 aliphatic rings. The van der Waals surface area contributed by atoms with Crippen LogP contribution in [0.1, 0.15) is 42.4 Å². The first kappa shape index (κ1) is 25.8. The van der Waals surface area contributed by atoms with Crippen LogP contribution in [0.4, 0.5) is 4.39 Å². The Labute approximate surface area is 223 Å². The minimum absolute atomic E-state index is 0.0399. The number of rotatable bonds is 6. The van der Waals surface area contributed by atoms with E-state index in [0.29, 0.717) is 48.3 Å². The van der Waals surface area contributed by atoms with Crippen LogP contribution in [-0.2, 0) is 14.3 Å². The molecule has 0 saturated carbocycles. The summed E-state index contributed by atoms with van der Waals surface area (Å²) in [5.74, 6) is -1.09. The summed E-state index contributed by atoms with van der Waals surface area (Å²) < 4.78 is 25.6. The molecule has 2 aromatic rings. The monoisotopic (exact) mass is 538 g/mol. The molecule has 198 valence electrons. The van der Waals surface area contributed by atoms with Gasteiger partial charge in [-0.1, -0.05) is 30.0 Å². The molecule has 0 spiro atoms. The van der Waals surface area contributed by atoms with E-state index in [1.54, 1.807) is 58.9 Å². The Balaban J connectivity index is 1.34. The van der Waals surface area contributed by atoms with Crippen molar-refractivity contribution in [2.45, 2.75) is 26.3 Å². The zero-order chi connectivity index (χ0) is 26.8. The molecule has 1 unspecified atom stereocenters. The van der Waals surface area contributed by atoms with Crippen molar-refractivity contribution in [2.24, 2.45) is 4.99 Å². The van der Waals surface area contributed by atoms with Crippen molar-refractivity contribution in [1.29, 1.82) is 0 Å². The standard InChI is InChI=1S/C27H27FN4O5S/c1-3-36-26(35)23-17(2)29-27-32(24(23)19-7-4-5-8-20(19)28)18(16-38-27)15-22(33)30-10-12-31(13-11-30)25(34)21-9-6-14-37-21/h4-9,14,16,24H,3,10-13,15H2,1-2H3. The predicted molar refractivity (Wildman–Crippen MR) is 139 cm³/mol. The molecule has 38 heavy (non-hydrogen) atoms. The van der Waals surface area contributed by atoms with Crippen molar-refractivity contribution >= 4 is 34.7 Å². The number of esters is 1. The van der Waals surface area contributed by atoms with Gasteiger partial charge in [-0.25, -0.2) is 14.2 Å². The third-order valence-electron chi connectivity index (χ3n) is 6.68. The predicted octanol–water partition coefficient (Wildman–Crippen LogP) is 3.93. The number of allylic oxidation sites excluding steroid dienone is 1. The Morgan fingerprint density at radius 2 is 1.84 bits per heavy atom. The van der Waals surface area contributed by atoms with E-state index in [9.17, 15) is 14.4 Å². The third-order valence-corrected chi connectivity index (χ3v) is 7.57. The minimum Gasteiger partial charge on any atom is -0.463 e. The number of hydrogen-bond acceptors (Lipinski definition) is 8. The highest BCUT2D eigenvalue weighted by atomic mass is 32.2. The Bertz CT molecular complexity index is 1340. The van der Waals surface area contributed by atoms with Gasteiger partial charge in [0.2, 0.25) is 5.91 Å². The van der Waals surface area contributed by atoms with Crippen LogP contribution in [0, 0.1) is 5.82 Å². The number of piperazine rings is 1. The molecular formula is C27H27FN4O5S. The van der Waals surface area contributed by atoms with Gasteiger partial charge in [-0.05, 0) is 37.5 Å². The highest BCUT2D eigenvalue weighted by Gasteiger charge is 2.42. The normalized spacial score (nSPS) is 19.2. The second-order valence-corrected chi connectivity index (χ2v) is 9.80. The average Bonchev–Trinajstić information content (AvgIpc) is 3.59. The number of fused-ring (bicyclic) bond motifs is 1. The van der Waals surface area contributed by atoms with E-state index in [-0.39, 0.29) is 36.2 Å². The quantitative estimate of drug-likeness (QED) is 0.515. The molecule has 1 aromatic heterocycles. The molecule has 2 amide bonds. The number of nitrogens with zero attached hydrogens (tertiary/aromatic N) is 4. The zero-order valence-corrected chi connectivity index (χ0v) is 21.9. The lowest BCUT2D eigenvalue weighted by Gasteiger charge is -2.37. The number of halogens is 1. The molecule has 1 aromatic carbocycles. The van der Waals surface area contributed by atoms with Crippen LogP contribution in [0.3, 0.4) is 0 Å². The fourth-order valence-corrected chi connectivity index (χ4v) is 5.78. The summed E-state index contributed by atoms with van der Waals surface area (Å²) in [7, 11) is 0. The maximum atomic E-state index is 15.1. The minimum atomic E-state index is -0.820. The summed E-state index contributed by atoms with van der Waals surface area (Å²) in [6, 6.07) is 8.74. The van der Waals surface area contributed by atoms with Gasteiger partial charge in [-0.15, -0.1) is 0 Å². The zero-order valence-electron chi connectivity index (χ0n) is 21.1. The van der Waals surface area contributed by atoms with Crippen LogP contribution in [0.5, 0.6) is 0 Å². The number of amides is 2. The van der Waals surface area contributed by atoms with E-state index in [1.165, 1.54) is 24.1 Å². The molecular weight excluding hydrogens is 511 g/mol. The smallest absolute Gasteiger partial charge is 0.338 e. The van der Waals surface area contributed by atoms with Crippen molar-refractivity contribution in [3.8, 4) is 0 Å². The van der Waals surface area contributed by atoms with E-state index < -0.39 is 17.8 Å². The lowest BCUT2D eigenvalue weighted by molar-refractivity contribution is -0.139. The van der Waals surface area contributed by atoms with Crippen LogP contribution in [0.15, 0.2) is 74.4 Å². The van der Waals surface area contributed by atoms with Gasteiger partial charge in [-0.3, -0.25) is 9.59 Å². The second-order valence-electron chi connectivity index (χ2n) is 8.96. The maximum Gasteiger partial charge on any atom is 0.338 e. The first-order valence-corrected chi connectivity index (χ1v) is 13.2. The van der Waals surface area contributed by atoms with Gasteiger partial charge in [0.05, 0.1) is 36.6 Å². The lowest BCUT2D eigenvalue weighted by Crippen LogP contribution is -2.51. The number of thioether (sulfide) groups is 1. The molecule has 0 radical (unpaired) electrons. The highest BCUT2D eigenvalue weighted by molar-refractivity contribution is 8.16. The Morgan fingerprint density at radius 3 is 2.53 bits per heavy atom. The fraction of sp³-hybridized carbons (Fsp3) is 0.333. The Kier molecular flexibility index (Phi) is 7.37. The molecule has 3 aliphatic heterocycles. The van der Waals surface area contributed by atoms with Crippen molar-refractivity contribution in [3.63, 3.8) is 0 Å². The van der Waals surface area contributed by atoms with Gasteiger partial charge in [0.1, 0.15) is 5.82 Å². The molecule has 0 aliphatic carbocycles. The summed E-state index contributed by atoms with van der Waals surface area (Å²) in [5, 5.41) is 2.39. The van der Waals surface area contributed by atoms with Gasteiger partial charge in [0.15, 0.2) is 10.9 Å². The van der Waals surface area contributed by atoms with E-state index in [4.69, 9.17) is 9.15 Å². The average molecular weight is 539 g/mol. The van der Waals surface area contributed by atoms with Crippen molar-refractivity contribution in [3.05, 3.63) is 82.2 Å². The number of furan rings is 1. The number of benzene rings is 1. The topological polar surface area (TPSA) is 95.7 Å². The van der Waals surface area contributed by atoms with Crippen molar-refractivity contribution < 1.29 is 27.9 Å².